The number of benzene rings is 2. The largest absolute Gasteiger partial charge is 0.496 e. The number of aliphatic hydroxyl groups excluding tert-OH is 1. The third kappa shape index (κ3) is 5.61. The minimum absolute atomic E-state index is 0.170. The molecule has 2 aromatic rings. The van der Waals surface area contributed by atoms with Crippen LogP contribution in [0.15, 0.2) is 24.3 Å². The maximum Gasteiger partial charge on any atom is 0.346 e. The fraction of sp³-hybridized carbons (Fsp3) is 0.519. The highest BCUT2D eigenvalue weighted by Gasteiger charge is 2.33. The standard InChI is InChI=1S/C27H36O6/c1-15(2)10-11-31-23-14-17(5)13-20-18(6)32-27(29)24-22(30-7)9-8-19(21(28)12-16(3)4)26(24)33-25(20)23/h8-9,13-16,18,21,28H,10-12H2,1-7H3/t18?,21-/m0/s1. The minimum Gasteiger partial charge on any atom is -0.496 e. The monoisotopic (exact) mass is 456 g/mol. The Kier molecular flexibility index (Phi) is 7.90. The number of cyclic esters (lactones) is 1. The molecule has 0 radical (unpaired) electrons. The molecule has 0 amide bonds. The van der Waals surface area contributed by atoms with Gasteiger partial charge in [-0.15, -0.1) is 0 Å². The first-order valence-corrected chi connectivity index (χ1v) is 11.7. The van der Waals surface area contributed by atoms with Gasteiger partial charge in [0.2, 0.25) is 0 Å². The van der Waals surface area contributed by atoms with Crippen LogP contribution in [-0.2, 0) is 4.74 Å². The molecule has 6 nitrogen and oxygen atoms in total. The fourth-order valence-electron chi connectivity index (χ4n) is 3.97. The molecule has 180 valence electrons. The van der Waals surface area contributed by atoms with Gasteiger partial charge in [0.05, 0.1) is 19.8 Å². The highest BCUT2D eigenvalue weighted by atomic mass is 16.6. The molecular weight excluding hydrogens is 420 g/mol. The van der Waals surface area contributed by atoms with Crippen molar-refractivity contribution in [2.75, 3.05) is 13.7 Å². The van der Waals surface area contributed by atoms with Crippen LogP contribution in [0.5, 0.6) is 23.0 Å². The van der Waals surface area contributed by atoms with Gasteiger partial charge in [-0.3, -0.25) is 0 Å². The number of hydrogen-bond acceptors (Lipinski definition) is 6. The number of fused-ring (bicyclic) bond motifs is 2. The molecule has 0 aromatic heterocycles. The van der Waals surface area contributed by atoms with E-state index in [2.05, 4.69) is 13.8 Å². The number of aliphatic hydroxyl groups is 1. The van der Waals surface area contributed by atoms with Gasteiger partial charge in [-0.05, 0) is 68.4 Å². The molecule has 1 aliphatic rings. The van der Waals surface area contributed by atoms with E-state index in [1.807, 2.05) is 39.8 Å². The van der Waals surface area contributed by atoms with Gasteiger partial charge < -0.3 is 24.1 Å². The number of ether oxygens (including phenoxy) is 4. The molecule has 1 heterocycles. The Morgan fingerprint density at radius 3 is 2.42 bits per heavy atom. The van der Waals surface area contributed by atoms with E-state index < -0.39 is 18.2 Å². The van der Waals surface area contributed by atoms with Crippen LogP contribution in [0.2, 0.25) is 0 Å². The van der Waals surface area contributed by atoms with Gasteiger partial charge in [-0.25, -0.2) is 4.79 Å². The van der Waals surface area contributed by atoms with Crippen LogP contribution < -0.4 is 14.2 Å². The van der Waals surface area contributed by atoms with Gasteiger partial charge in [-0.2, -0.15) is 0 Å². The maximum absolute atomic E-state index is 13.2. The van der Waals surface area contributed by atoms with Crippen LogP contribution in [-0.4, -0.2) is 24.8 Å². The van der Waals surface area contributed by atoms with Gasteiger partial charge in [0.15, 0.2) is 17.2 Å². The zero-order valence-electron chi connectivity index (χ0n) is 20.7. The van der Waals surface area contributed by atoms with Gasteiger partial charge in [-0.1, -0.05) is 27.7 Å². The Bertz CT molecular complexity index is 995. The predicted molar refractivity (Wildman–Crippen MR) is 127 cm³/mol. The number of esters is 1. The Balaban J connectivity index is 2.19. The summed E-state index contributed by atoms with van der Waals surface area (Å²) in [7, 11) is 1.49. The molecule has 1 unspecified atom stereocenters. The quantitative estimate of drug-likeness (QED) is 0.455. The SMILES string of the molecule is COc1ccc([C@@H](O)CC(C)C)c2c1C(=O)OC(C)c1cc(C)cc(OCCC(C)C)c1O2. The van der Waals surface area contributed by atoms with Crippen molar-refractivity contribution in [1.82, 2.24) is 0 Å². The third-order valence-electron chi connectivity index (χ3n) is 5.73. The van der Waals surface area contributed by atoms with E-state index in [4.69, 9.17) is 18.9 Å². The minimum atomic E-state index is -0.812. The zero-order chi connectivity index (χ0) is 24.3. The molecule has 0 bridgehead atoms. The Labute approximate surface area is 196 Å². The molecule has 3 rings (SSSR count). The van der Waals surface area contributed by atoms with Gasteiger partial charge in [0.1, 0.15) is 17.4 Å². The van der Waals surface area contributed by atoms with Gasteiger partial charge in [0.25, 0.3) is 0 Å². The highest BCUT2D eigenvalue weighted by molar-refractivity contribution is 5.97. The van der Waals surface area contributed by atoms with Crippen molar-refractivity contribution >= 4 is 5.97 Å². The van der Waals surface area contributed by atoms with Crippen LogP contribution >= 0.6 is 0 Å². The number of methoxy groups -OCH3 is 1. The van der Waals surface area contributed by atoms with Gasteiger partial charge >= 0.3 is 5.97 Å². The first-order chi connectivity index (χ1) is 15.6. The third-order valence-corrected chi connectivity index (χ3v) is 5.73. The topological polar surface area (TPSA) is 74.2 Å². The fourth-order valence-corrected chi connectivity index (χ4v) is 3.97. The molecular formula is C27H36O6. The van der Waals surface area contributed by atoms with Crippen LogP contribution in [0.3, 0.4) is 0 Å². The molecule has 1 aliphatic heterocycles. The molecule has 33 heavy (non-hydrogen) atoms. The molecule has 0 saturated carbocycles. The summed E-state index contributed by atoms with van der Waals surface area (Å²) in [5, 5.41) is 11.0. The number of carbonyl (C=O) groups excluding carboxylic acids is 1. The summed E-state index contributed by atoms with van der Waals surface area (Å²) in [6.45, 7) is 12.7. The first-order valence-electron chi connectivity index (χ1n) is 11.7. The zero-order valence-corrected chi connectivity index (χ0v) is 20.7. The second-order valence-electron chi connectivity index (χ2n) is 9.57. The lowest BCUT2D eigenvalue weighted by Gasteiger charge is -2.28. The van der Waals surface area contributed by atoms with Crippen molar-refractivity contribution in [3.63, 3.8) is 0 Å². The van der Waals surface area contributed by atoms with Crippen molar-refractivity contribution in [2.45, 2.75) is 66.6 Å². The van der Waals surface area contributed by atoms with E-state index in [1.165, 1.54) is 7.11 Å². The number of aryl methyl sites for hydroxylation is 1. The van der Waals surface area contributed by atoms with Crippen molar-refractivity contribution in [3.05, 3.63) is 46.5 Å². The average molecular weight is 457 g/mol. The summed E-state index contributed by atoms with van der Waals surface area (Å²) in [6.07, 6.45) is 0.0534. The molecule has 2 atom stereocenters. The summed E-state index contributed by atoms with van der Waals surface area (Å²) in [5.74, 6) is 1.87. The van der Waals surface area contributed by atoms with Crippen LogP contribution in [0, 0.1) is 18.8 Å². The number of hydrogen-bond donors (Lipinski definition) is 1. The lowest BCUT2D eigenvalue weighted by Crippen LogP contribution is -2.18. The average Bonchev–Trinajstić information content (AvgIpc) is 2.72. The predicted octanol–water partition coefficient (Wildman–Crippen LogP) is 6.53. The Morgan fingerprint density at radius 1 is 1.06 bits per heavy atom. The van der Waals surface area contributed by atoms with Gasteiger partial charge in [0, 0.05) is 11.1 Å². The molecule has 1 N–H and O–H groups in total. The Hall–Kier alpha value is -2.73. The lowest BCUT2D eigenvalue weighted by atomic mass is 9.95. The van der Waals surface area contributed by atoms with Crippen LogP contribution in [0.1, 0.15) is 86.7 Å². The molecule has 0 fully saturated rings. The van der Waals surface area contributed by atoms with Crippen molar-refractivity contribution in [2.24, 2.45) is 11.8 Å². The second kappa shape index (κ2) is 10.5. The summed E-state index contributed by atoms with van der Waals surface area (Å²) in [5.41, 5.74) is 2.39. The van der Waals surface area contributed by atoms with E-state index in [0.717, 1.165) is 17.5 Å². The van der Waals surface area contributed by atoms with E-state index >= 15 is 0 Å². The summed E-state index contributed by atoms with van der Waals surface area (Å²) < 4.78 is 23.9. The van der Waals surface area contributed by atoms with E-state index in [0.29, 0.717) is 41.8 Å². The highest BCUT2D eigenvalue weighted by Crippen LogP contribution is 2.48. The van der Waals surface area contributed by atoms with Crippen molar-refractivity contribution in [1.29, 1.82) is 0 Å². The normalized spacial score (nSPS) is 16.3. The lowest BCUT2D eigenvalue weighted by molar-refractivity contribution is 0.0314. The van der Waals surface area contributed by atoms with Crippen LogP contribution in [0.25, 0.3) is 0 Å². The molecule has 2 aromatic carbocycles. The number of carbonyl (C=O) groups is 1. The maximum atomic E-state index is 13.2. The summed E-state index contributed by atoms with van der Waals surface area (Å²) in [4.78, 5) is 13.2. The van der Waals surface area contributed by atoms with E-state index in [9.17, 15) is 9.90 Å². The molecule has 6 heteroatoms. The smallest absolute Gasteiger partial charge is 0.346 e. The molecule has 0 saturated heterocycles. The summed E-state index contributed by atoms with van der Waals surface area (Å²) >= 11 is 0. The van der Waals surface area contributed by atoms with E-state index in [1.54, 1.807) is 12.1 Å². The van der Waals surface area contributed by atoms with E-state index in [-0.39, 0.29) is 17.2 Å². The molecule has 0 spiro atoms. The molecule has 0 aliphatic carbocycles. The number of rotatable bonds is 8. The second-order valence-corrected chi connectivity index (χ2v) is 9.57. The van der Waals surface area contributed by atoms with Crippen molar-refractivity contribution < 1.29 is 28.8 Å². The van der Waals surface area contributed by atoms with Crippen LogP contribution in [0.4, 0.5) is 0 Å². The van der Waals surface area contributed by atoms with Crippen molar-refractivity contribution in [3.8, 4) is 23.0 Å². The first kappa shape index (κ1) is 24.9. The Morgan fingerprint density at radius 2 is 1.79 bits per heavy atom. The summed E-state index contributed by atoms with van der Waals surface area (Å²) in [6, 6.07) is 7.29.